The Hall–Kier alpha value is -2.29. The van der Waals surface area contributed by atoms with Gasteiger partial charge in [-0.1, -0.05) is 38.1 Å². The van der Waals surface area contributed by atoms with E-state index < -0.39 is 0 Å². The fourth-order valence-corrected chi connectivity index (χ4v) is 3.17. The Balaban J connectivity index is 1.89. The lowest BCUT2D eigenvalue weighted by Crippen LogP contribution is -2.22. The van der Waals surface area contributed by atoms with Crippen molar-refractivity contribution in [2.24, 2.45) is 11.8 Å². The topological polar surface area (TPSA) is 35.5 Å². The quantitative estimate of drug-likeness (QED) is 0.595. The van der Waals surface area contributed by atoms with E-state index in [-0.39, 0.29) is 11.8 Å². The minimum atomic E-state index is 0.00522. The minimum absolute atomic E-state index is 0.00522. The highest BCUT2D eigenvalue weighted by atomic mass is 16.5. The molecule has 3 nitrogen and oxygen atoms in total. The Bertz CT molecular complexity index is 614. The van der Waals surface area contributed by atoms with Crippen LogP contribution in [0.3, 0.4) is 0 Å². The van der Waals surface area contributed by atoms with E-state index in [4.69, 9.17) is 9.47 Å². The number of carbonyl (C=O) groups is 1. The molecule has 0 spiro atoms. The summed E-state index contributed by atoms with van der Waals surface area (Å²) in [5, 5.41) is 0. The van der Waals surface area contributed by atoms with Gasteiger partial charge in [0.1, 0.15) is 17.3 Å². The van der Waals surface area contributed by atoms with E-state index in [1.54, 1.807) is 0 Å². The number of benzene rings is 2. The SMILES string of the molecule is CCOc1ccc(CC(C)C(=O)C(C)Cc2ccc(OCC)cc2)cc1. The van der Waals surface area contributed by atoms with E-state index in [1.165, 1.54) is 11.1 Å². The van der Waals surface area contributed by atoms with Crippen molar-refractivity contribution in [2.75, 3.05) is 13.2 Å². The zero-order chi connectivity index (χ0) is 18.9. The first-order valence-corrected chi connectivity index (χ1v) is 9.50. The van der Waals surface area contributed by atoms with E-state index in [0.29, 0.717) is 19.0 Å². The zero-order valence-corrected chi connectivity index (χ0v) is 16.3. The molecule has 0 bridgehead atoms. The van der Waals surface area contributed by atoms with Crippen LogP contribution >= 0.6 is 0 Å². The fraction of sp³-hybridized carbons (Fsp3) is 0.435. The standard InChI is InChI=1S/C23H30O3/c1-5-25-21-11-7-19(8-12-21)15-17(3)23(24)18(4)16-20-9-13-22(14-10-20)26-6-2/h7-14,17-18H,5-6,15-16H2,1-4H3. The summed E-state index contributed by atoms with van der Waals surface area (Å²) in [6.45, 7) is 9.32. The van der Waals surface area contributed by atoms with Crippen molar-refractivity contribution in [1.82, 2.24) is 0 Å². The highest BCUT2D eigenvalue weighted by molar-refractivity contribution is 5.83. The van der Waals surface area contributed by atoms with Gasteiger partial charge in [-0.15, -0.1) is 0 Å². The molecule has 0 fully saturated rings. The second-order valence-electron chi connectivity index (χ2n) is 6.77. The third kappa shape index (κ3) is 5.91. The molecule has 3 heteroatoms. The molecule has 0 aliphatic heterocycles. The average Bonchev–Trinajstić information content (AvgIpc) is 2.64. The summed E-state index contributed by atoms with van der Waals surface area (Å²) in [6, 6.07) is 16.1. The van der Waals surface area contributed by atoms with Crippen LogP contribution in [0.4, 0.5) is 0 Å². The van der Waals surface area contributed by atoms with Crippen LogP contribution < -0.4 is 9.47 Å². The van der Waals surface area contributed by atoms with Crippen LogP contribution in [0.25, 0.3) is 0 Å². The predicted octanol–water partition coefficient (Wildman–Crippen LogP) is 5.11. The van der Waals surface area contributed by atoms with Gasteiger partial charge in [0, 0.05) is 11.8 Å². The maximum absolute atomic E-state index is 12.7. The molecule has 140 valence electrons. The molecule has 0 amide bonds. The molecular weight excluding hydrogens is 324 g/mol. The van der Waals surface area contributed by atoms with Crippen LogP contribution in [0.5, 0.6) is 11.5 Å². The molecular formula is C23H30O3. The Labute approximate surface area is 157 Å². The maximum atomic E-state index is 12.7. The molecule has 2 aromatic carbocycles. The van der Waals surface area contributed by atoms with Gasteiger partial charge in [0.05, 0.1) is 13.2 Å². The molecule has 0 radical (unpaired) electrons. The summed E-state index contributed by atoms with van der Waals surface area (Å²) in [5.41, 5.74) is 2.34. The lowest BCUT2D eigenvalue weighted by molar-refractivity contribution is -0.125. The number of ether oxygens (including phenoxy) is 2. The van der Waals surface area contributed by atoms with Crippen molar-refractivity contribution in [2.45, 2.75) is 40.5 Å². The lowest BCUT2D eigenvalue weighted by Gasteiger charge is -2.17. The lowest BCUT2D eigenvalue weighted by atomic mass is 9.87. The van der Waals surface area contributed by atoms with Gasteiger partial charge >= 0.3 is 0 Å². The van der Waals surface area contributed by atoms with E-state index in [2.05, 4.69) is 0 Å². The molecule has 2 atom stereocenters. The molecule has 0 saturated heterocycles. The number of ketones is 1. The molecule has 0 saturated carbocycles. The second-order valence-corrected chi connectivity index (χ2v) is 6.77. The molecule has 0 aromatic heterocycles. The van der Waals surface area contributed by atoms with Gasteiger partial charge in [-0.2, -0.15) is 0 Å². The van der Waals surface area contributed by atoms with E-state index >= 15 is 0 Å². The van der Waals surface area contributed by atoms with Crippen LogP contribution in [0.1, 0.15) is 38.8 Å². The third-order valence-electron chi connectivity index (χ3n) is 4.52. The van der Waals surface area contributed by atoms with Crippen molar-refractivity contribution in [3.05, 3.63) is 59.7 Å². The van der Waals surface area contributed by atoms with Gasteiger partial charge < -0.3 is 9.47 Å². The number of carbonyl (C=O) groups excluding carboxylic acids is 1. The minimum Gasteiger partial charge on any atom is -0.494 e. The molecule has 0 aliphatic carbocycles. The van der Waals surface area contributed by atoms with E-state index in [1.807, 2.05) is 76.2 Å². The van der Waals surface area contributed by atoms with Crippen molar-refractivity contribution < 1.29 is 14.3 Å². The highest BCUT2D eigenvalue weighted by Gasteiger charge is 2.20. The Kier molecular flexibility index (Phi) is 7.71. The summed E-state index contributed by atoms with van der Waals surface area (Å²) >= 11 is 0. The van der Waals surface area contributed by atoms with Gasteiger partial charge in [-0.3, -0.25) is 4.79 Å². The monoisotopic (exact) mass is 354 g/mol. The van der Waals surface area contributed by atoms with Crippen molar-refractivity contribution in [3.63, 3.8) is 0 Å². The van der Waals surface area contributed by atoms with E-state index in [0.717, 1.165) is 24.3 Å². The largest absolute Gasteiger partial charge is 0.494 e. The summed E-state index contributed by atoms with van der Waals surface area (Å²) in [7, 11) is 0. The number of Topliss-reactive ketones (excluding diaryl/α,β-unsaturated/α-hetero) is 1. The van der Waals surface area contributed by atoms with Crippen LogP contribution in [-0.2, 0) is 17.6 Å². The maximum Gasteiger partial charge on any atom is 0.139 e. The molecule has 2 aromatic rings. The molecule has 2 unspecified atom stereocenters. The van der Waals surface area contributed by atoms with Gasteiger partial charge in [0.2, 0.25) is 0 Å². The van der Waals surface area contributed by atoms with Crippen LogP contribution in [0.15, 0.2) is 48.5 Å². The molecule has 0 N–H and O–H groups in total. The third-order valence-corrected chi connectivity index (χ3v) is 4.52. The van der Waals surface area contributed by atoms with Crippen LogP contribution in [0.2, 0.25) is 0 Å². The molecule has 0 heterocycles. The summed E-state index contributed by atoms with van der Waals surface area (Å²) < 4.78 is 10.9. The van der Waals surface area contributed by atoms with Crippen LogP contribution in [-0.4, -0.2) is 19.0 Å². The van der Waals surface area contributed by atoms with Crippen molar-refractivity contribution >= 4 is 5.78 Å². The Morgan fingerprint density at radius 1 is 0.731 bits per heavy atom. The van der Waals surface area contributed by atoms with Crippen molar-refractivity contribution in [3.8, 4) is 11.5 Å². The van der Waals surface area contributed by atoms with Gasteiger partial charge in [0.25, 0.3) is 0 Å². The number of hydrogen-bond donors (Lipinski definition) is 0. The Morgan fingerprint density at radius 2 is 1.08 bits per heavy atom. The summed E-state index contributed by atoms with van der Waals surface area (Å²) in [5.74, 6) is 2.07. The van der Waals surface area contributed by atoms with Gasteiger partial charge in [-0.25, -0.2) is 0 Å². The first-order valence-electron chi connectivity index (χ1n) is 9.50. The molecule has 0 aliphatic rings. The normalized spacial score (nSPS) is 13.1. The number of hydrogen-bond acceptors (Lipinski definition) is 3. The first kappa shape index (κ1) is 20.0. The predicted molar refractivity (Wildman–Crippen MR) is 106 cm³/mol. The highest BCUT2D eigenvalue weighted by Crippen LogP contribution is 2.20. The summed E-state index contributed by atoms with van der Waals surface area (Å²) in [4.78, 5) is 12.7. The molecule has 26 heavy (non-hydrogen) atoms. The van der Waals surface area contributed by atoms with Crippen LogP contribution in [0, 0.1) is 11.8 Å². The smallest absolute Gasteiger partial charge is 0.139 e. The van der Waals surface area contributed by atoms with Gasteiger partial charge in [0.15, 0.2) is 0 Å². The Morgan fingerprint density at radius 3 is 1.38 bits per heavy atom. The number of rotatable bonds is 10. The summed E-state index contributed by atoms with van der Waals surface area (Å²) in [6.07, 6.45) is 1.53. The first-order chi connectivity index (χ1) is 12.5. The van der Waals surface area contributed by atoms with E-state index in [9.17, 15) is 4.79 Å². The van der Waals surface area contributed by atoms with Crippen molar-refractivity contribution in [1.29, 1.82) is 0 Å². The van der Waals surface area contributed by atoms with Gasteiger partial charge in [-0.05, 0) is 62.1 Å². The zero-order valence-electron chi connectivity index (χ0n) is 16.3. The average molecular weight is 354 g/mol. The fourth-order valence-electron chi connectivity index (χ4n) is 3.17. The molecule has 2 rings (SSSR count). The second kappa shape index (κ2) is 10.0.